The predicted molar refractivity (Wildman–Crippen MR) is 65.7 cm³/mol. The van der Waals surface area contributed by atoms with E-state index in [0.717, 1.165) is 5.56 Å². The molecular formula is C12H13BrFNO2. The van der Waals surface area contributed by atoms with Crippen molar-refractivity contribution in [1.29, 1.82) is 5.41 Å². The molecule has 92 valence electrons. The van der Waals surface area contributed by atoms with Crippen LogP contribution in [0.25, 0.3) is 0 Å². The maximum atomic E-state index is 13.9. The maximum absolute atomic E-state index is 13.9. The Morgan fingerprint density at radius 3 is 3.00 bits per heavy atom. The fourth-order valence-corrected chi connectivity index (χ4v) is 2.70. The SMILES string of the molecule is CCOC(=N)C1(O)CCc2cc(Br)cc(F)c21. The minimum atomic E-state index is -1.61. The van der Waals surface area contributed by atoms with E-state index in [4.69, 9.17) is 10.1 Å². The molecule has 2 rings (SSSR count). The molecule has 0 amide bonds. The summed E-state index contributed by atoms with van der Waals surface area (Å²) in [6.07, 6.45) is 0.826. The van der Waals surface area contributed by atoms with Crippen molar-refractivity contribution in [2.45, 2.75) is 25.4 Å². The summed E-state index contributed by atoms with van der Waals surface area (Å²) in [6, 6.07) is 3.07. The van der Waals surface area contributed by atoms with Crippen LogP contribution >= 0.6 is 15.9 Å². The molecule has 0 saturated heterocycles. The molecule has 0 bridgehead atoms. The largest absolute Gasteiger partial charge is 0.479 e. The van der Waals surface area contributed by atoms with Gasteiger partial charge in [0.1, 0.15) is 5.82 Å². The summed E-state index contributed by atoms with van der Waals surface area (Å²) in [5.74, 6) is -0.779. The third-order valence-electron chi connectivity index (χ3n) is 2.97. The van der Waals surface area contributed by atoms with Gasteiger partial charge in [-0.15, -0.1) is 0 Å². The first-order valence-corrected chi connectivity index (χ1v) is 6.21. The van der Waals surface area contributed by atoms with Gasteiger partial charge in [-0.3, -0.25) is 5.41 Å². The molecule has 0 radical (unpaired) electrons. The molecule has 2 N–H and O–H groups in total. The zero-order valence-corrected chi connectivity index (χ0v) is 11.0. The van der Waals surface area contributed by atoms with E-state index in [2.05, 4.69) is 15.9 Å². The van der Waals surface area contributed by atoms with Crippen LogP contribution in [-0.4, -0.2) is 17.6 Å². The van der Waals surface area contributed by atoms with Gasteiger partial charge in [-0.05, 0) is 37.5 Å². The van der Waals surface area contributed by atoms with Crippen LogP contribution in [0.4, 0.5) is 4.39 Å². The molecule has 0 saturated carbocycles. The van der Waals surface area contributed by atoms with Crippen LogP contribution in [0.3, 0.4) is 0 Å². The van der Waals surface area contributed by atoms with Crippen LogP contribution in [0, 0.1) is 11.2 Å². The molecule has 1 aromatic carbocycles. The van der Waals surface area contributed by atoms with Crippen LogP contribution in [0.2, 0.25) is 0 Å². The van der Waals surface area contributed by atoms with Gasteiger partial charge in [-0.2, -0.15) is 0 Å². The highest BCUT2D eigenvalue weighted by Crippen LogP contribution is 2.40. The predicted octanol–water partition coefficient (Wildman–Crippen LogP) is 2.74. The molecule has 17 heavy (non-hydrogen) atoms. The minimum absolute atomic E-state index is 0.180. The quantitative estimate of drug-likeness (QED) is 0.652. The molecular weight excluding hydrogens is 289 g/mol. The zero-order valence-electron chi connectivity index (χ0n) is 9.39. The van der Waals surface area contributed by atoms with E-state index >= 15 is 0 Å². The van der Waals surface area contributed by atoms with Crippen molar-refractivity contribution in [2.24, 2.45) is 0 Å². The summed E-state index contributed by atoms with van der Waals surface area (Å²) < 4.78 is 19.6. The third kappa shape index (κ3) is 1.98. The van der Waals surface area contributed by atoms with Gasteiger partial charge in [-0.1, -0.05) is 15.9 Å². The van der Waals surface area contributed by atoms with Crippen molar-refractivity contribution in [3.63, 3.8) is 0 Å². The molecule has 1 aliphatic rings. The molecule has 1 atom stereocenters. The Morgan fingerprint density at radius 1 is 1.65 bits per heavy atom. The number of halogens is 2. The number of rotatable bonds is 2. The van der Waals surface area contributed by atoms with E-state index in [-0.39, 0.29) is 24.5 Å². The highest BCUT2D eigenvalue weighted by Gasteiger charge is 2.44. The molecule has 5 heteroatoms. The van der Waals surface area contributed by atoms with Crippen molar-refractivity contribution in [3.05, 3.63) is 33.5 Å². The Kier molecular flexibility index (Phi) is 3.23. The fraction of sp³-hybridized carbons (Fsp3) is 0.417. The van der Waals surface area contributed by atoms with Crippen LogP contribution in [0.1, 0.15) is 24.5 Å². The lowest BCUT2D eigenvalue weighted by Gasteiger charge is -2.24. The fourth-order valence-electron chi connectivity index (χ4n) is 2.22. The van der Waals surface area contributed by atoms with Gasteiger partial charge in [0.25, 0.3) is 0 Å². The number of ether oxygens (including phenoxy) is 1. The molecule has 1 unspecified atom stereocenters. The van der Waals surface area contributed by atoms with Gasteiger partial charge < -0.3 is 9.84 Å². The lowest BCUT2D eigenvalue weighted by molar-refractivity contribution is 0.0750. The first-order chi connectivity index (χ1) is 7.99. The molecule has 0 heterocycles. The molecule has 1 aliphatic carbocycles. The number of fused-ring (bicyclic) bond motifs is 1. The van der Waals surface area contributed by atoms with Crippen molar-refractivity contribution < 1.29 is 14.2 Å². The van der Waals surface area contributed by atoms with Crippen LogP contribution in [0.5, 0.6) is 0 Å². The van der Waals surface area contributed by atoms with E-state index in [1.165, 1.54) is 6.07 Å². The Balaban J connectivity index is 2.49. The minimum Gasteiger partial charge on any atom is -0.479 e. The summed E-state index contributed by atoms with van der Waals surface area (Å²) in [5, 5.41) is 18.1. The van der Waals surface area contributed by atoms with E-state index in [9.17, 15) is 9.50 Å². The van der Waals surface area contributed by atoms with Crippen LogP contribution in [-0.2, 0) is 16.8 Å². The van der Waals surface area contributed by atoms with Crippen molar-refractivity contribution >= 4 is 21.8 Å². The summed E-state index contributed by atoms with van der Waals surface area (Å²) in [5.41, 5.74) is -0.709. The van der Waals surface area contributed by atoms with Crippen LogP contribution < -0.4 is 0 Å². The topological polar surface area (TPSA) is 53.3 Å². The van der Waals surface area contributed by atoms with E-state index < -0.39 is 11.4 Å². The first kappa shape index (κ1) is 12.5. The average Bonchev–Trinajstić information content (AvgIpc) is 2.58. The average molecular weight is 302 g/mol. The highest BCUT2D eigenvalue weighted by atomic mass is 79.9. The Labute approximate surface area is 107 Å². The molecule has 0 aromatic heterocycles. The van der Waals surface area contributed by atoms with E-state index in [0.29, 0.717) is 10.9 Å². The van der Waals surface area contributed by atoms with Crippen molar-refractivity contribution in [3.8, 4) is 0 Å². The number of hydrogen-bond donors (Lipinski definition) is 2. The number of aryl methyl sites for hydroxylation is 1. The molecule has 1 aromatic rings. The smallest absolute Gasteiger partial charge is 0.218 e. The molecule has 0 spiro atoms. The number of hydrogen-bond acceptors (Lipinski definition) is 3. The lowest BCUT2D eigenvalue weighted by Crippen LogP contribution is -2.35. The van der Waals surface area contributed by atoms with Gasteiger partial charge in [0.05, 0.1) is 6.61 Å². The lowest BCUT2D eigenvalue weighted by atomic mass is 9.95. The Hall–Kier alpha value is -0.940. The second-order valence-corrected chi connectivity index (χ2v) is 4.96. The first-order valence-electron chi connectivity index (χ1n) is 5.41. The van der Waals surface area contributed by atoms with E-state index in [1.807, 2.05) is 0 Å². The monoisotopic (exact) mass is 301 g/mol. The Bertz CT molecular complexity index is 478. The van der Waals surface area contributed by atoms with Crippen molar-refractivity contribution in [2.75, 3.05) is 6.61 Å². The van der Waals surface area contributed by atoms with Gasteiger partial charge >= 0.3 is 0 Å². The second-order valence-electron chi connectivity index (χ2n) is 4.04. The maximum Gasteiger partial charge on any atom is 0.218 e. The molecule has 0 fully saturated rings. The second kappa shape index (κ2) is 4.38. The zero-order chi connectivity index (χ0) is 12.6. The highest BCUT2D eigenvalue weighted by molar-refractivity contribution is 9.10. The van der Waals surface area contributed by atoms with E-state index in [1.54, 1.807) is 13.0 Å². The number of benzene rings is 1. The van der Waals surface area contributed by atoms with Crippen LogP contribution in [0.15, 0.2) is 16.6 Å². The van der Waals surface area contributed by atoms with Crippen molar-refractivity contribution in [1.82, 2.24) is 0 Å². The molecule has 3 nitrogen and oxygen atoms in total. The van der Waals surface area contributed by atoms with Gasteiger partial charge in [0, 0.05) is 10.0 Å². The summed E-state index contributed by atoms with van der Waals surface area (Å²) in [6.45, 7) is 2.01. The molecule has 0 aliphatic heterocycles. The summed E-state index contributed by atoms with van der Waals surface area (Å²) >= 11 is 3.21. The Morgan fingerprint density at radius 2 is 2.35 bits per heavy atom. The normalized spacial score (nSPS) is 22.4. The number of aliphatic hydroxyl groups is 1. The third-order valence-corrected chi connectivity index (χ3v) is 3.43. The van der Waals surface area contributed by atoms with Gasteiger partial charge in [0.15, 0.2) is 5.60 Å². The summed E-state index contributed by atoms with van der Waals surface area (Å²) in [4.78, 5) is 0. The summed E-state index contributed by atoms with van der Waals surface area (Å²) in [7, 11) is 0. The number of nitrogens with one attached hydrogen (secondary N) is 1. The standard InChI is InChI=1S/C12H13BrFNO2/c1-2-17-11(15)12(16)4-3-7-5-8(13)6-9(14)10(7)12/h5-6,15-16H,2-4H2,1H3. The van der Waals surface area contributed by atoms with Gasteiger partial charge in [-0.25, -0.2) is 4.39 Å². The van der Waals surface area contributed by atoms with Gasteiger partial charge in [0.2, 0.25) is 5.90 Å².